The van der Waals surface area contributed by atoms with Crippen LogP contribution in [0.3, 0.4) is 0 Å². The van der Waals surface area contributed by atoms with Crippen LogP contribution >= 0.6 is 0 Å². The molecule has 2 aliphatic heterocycles. The van der Waals surface area contributed by atoms with Gasteiger partial charge in [0.2, 0.25) is 5.91 Å². The average Bonchev–Trinajstić information content (AvgIpc) is 2.73. The van der Waals surface area contributed by atoms with Gasteiger partial charge in [-0.15, -0.1) is 0 Å². The van der Waals surface area contributed by atoms with Gasteiger partial charge in [0, 0.05) is 24.8 Å². The van der Waals surface area contributed by atoms with E-state index >= 15 is 0 Å². The number of nitrogens with zero attached hydrogens (tertiary/aromatic N) is 1. The topological polar surface area (TPSA) is 54.5 Å². The summed E-state index contributed by atoms with van der Waals surface area (Å²) in [5.74, 6) is 0.186. The molecule has 126 valence electrons. The number of carbonyl (C=O) groups is 1. The van der Waals surface area contributed by atoms with Crippen LogP contribution in [-0.4, -0.2) is 42.8 Å². The lowest BCUT2D eigenvalue weighted by molar-refractivity contribution is -0.135. The Labute approximate surface area is 138 Å². The van der Waals surface area contributed by atoms with Crippen LogP contribution in [0.5, 0.6) is 0 Å². The summed E-state index contributed by atoms with van der Waals surface area (Å²) in [7, 11) is -3.00. The number of rotatable bonds is 4. The van der Waals surface area contributed by atoms with Crippen molar-refractivity contribution in [1.82, 2.24) is 4.90 Å². The summed E-state index contributed by atoms with van der Waals surface area (Å²) >= 11 is 0. The molecule has 1 aromatic rings. The van der Waals surface area contributed by atoms with Crippen LogP contribution in [0, 0.1) is 6.92 Å². The van der Waals surface area contributed by atoms with Gasteiger partial charge >= 0.3 is 0 Å². The SMILES string of the molecule is Cc1cccc(CCC(=O)N2C3CCC2CC(S(C)(=O)=O)C3)c1. The molecule has 5 heteroatoms. The molecular weight excluding hydrogens is 310 g/mol. The summed E-state index contributed by atoms with van der Waals surface area (Å²) < 4.78 is 23.6. The Morgan fingerprint density at radius 3 is 2.43 bits per heavy atom. The third-order valence-electron chi connectivity index (χ3n) is 5.29. The second-order valence-electron chi connectivity index (χ2n) is 7.10. The molecule has 3 rings (SSSR count). The molecule has 2 unspecified atom stereocenters. The molecule has 0 saturated carbocycles. The lowest BCUT2D eigenvalue weighted by Gasteiger charge is -2.38. The summed E-state index contributed by atoms with van der Waals surface area (Å²) in [5.41, 5.74) is 2.40. The number of aryl methyl sites for hydroxylation is 2. The lowest BCUT2D eigenvalue weighted by Crippen LogP contribution is -2.49. The van der Waals surface area contributed by atoms with Crippen LogP contribution in [0.25, 0.3) is 0 Å². The van der Waals surface area contributed by atoms with Crippen molar-refractivity contribution in [2.24, 2.45) is 0 Å². The maximum atomic E-state index is 12.7. The van der Waals surface area contributed by atoms with Crippen molar-refractivity contribution in [3.05, 3.63) is 35.4 Å². The molecule has 4 nitrogen and oxygen atoms in total. The molecule has 0 N–H and O–H groups in total. The number of sulfone groups is 1. The van der Waals surface area contributed by atoms with E-state index < -0.39 is 9.84 Å². The van der Waals surface area contributed by atoms with Crippen molar-refractivity contribution < 1.29 is 13.2 Å². The van der Waals surface area contributed by atoms with Crippen molar-refractivity contribution in [3.8, 4) is 0 Å². The first-order valence-electron chi connectivity index (χ1n) is 8.40. The van der Waals surface area contributed by atoms with E-state index in [4.69, 9.17) is 0 Å². The number of hydrogen-bond donors (Lipinski definition) is 0. The lowest BCUT2D eigenvalue weighted by atomic mass is 10.0. The predicted octanol–water partition coefficient (Wildman–Crippen LogP) is 2.49. The van der Waals surface area contributed by atoms with E-state index in [2.05, 4.69) is 25.1 Å². The quantitative estimate of drug-likeness (QED) is 0.849. The molecular formula is C18H25NO3S. The average molecular weight is 335 g/mol. The first-order chi connectivity index (χ1) is 10.8. The second kappa shape index (κ2) is 6.27. The van der Waals surface area contributed by atoms with Crippen molar-refractivity contribution in [2.75, 3.05) is 6.26 Å². The molecule has 2 aliphatic rings. The summed E-state index contributed by atoms with van der Waals surface area (Å²) in [6, 6.07) is 8.51. The summed E-state index contributed by atoms with van der Waals surface area (Å²) in [6.07, 6.45) is 5.73. The molecule has 2 heterocycles. The van der Waals surface area contributed by atoms with Crippen molar-refractivity contribution >= 4 is 15.7 Å². The number of hydrogen-bond acceptors (Lipinski definition) is 3. The van der Waals surface area contributed by atoms with Gasteiger partial charge in [-0.05, 0) is 44.6 Å². The second-order valence-corrected chi connectivity index (χ2v) is 9.42. The van der Waals surface area contributed by atoms with Gasteiger partial charge in [0.15, 0.2) is 0 Å². The molecule has 1 amide bonds. The summed E-state index contributed by atoms with van der Waals surface area (Å²) in [6.45, 7) is 2.06. The maximum Gasteiger partial charge on any atom is 0.223 e. The molecule has 0 aliphatic carbocycles. The smallest absolute Gasteiger partial charge is 0.223 e. The fourth-order valence-electron chi connectivity index (χ4n) is 4.13. The minimum Gasteiger partial charge on any atom is -0.337 e. The molecule has 0 spiro atoms. The van der Waals surface area contributed by atoms with Crippen molar-refractivity contribution in [2.45, 2.75) is 62.8 Å². The van der Waals surface area contributed by atoms with E-state index in [9.17, 15) is 13.2 Å². The minimum atomic E-state index is -3.00. The van der Waals surface area contributed by atoms with Crippen LogP contribution in [0.1, 0.15) is 43.2 Å². The Balaban J connectivity index is 1.63. The van der Waals surface area contributed by atoms with E-state index in [1.165, 1.54) is 17.4 Å². The highest BCUT2D eigenvalue weighted by Crippen LogP contribution is 2.38. The van der Waals surface area contributed by atoms with E-state index in [1.807, 2.05) is 11.0 Å². The van der Waals surface area contributed by atoms with E-state index in [0.29, 0.717) is 19.3 Å². The van der Waals surface area contributed by atoms with Crippen LogP contribution in [0.4, 0.5) is 0 Å². The van der Waals surface area contributed by atoms with Crippen LogP contribution < -0.4 is 0 Å². The third kappa shape index (κ3) is 3.60. The van der Waals surface area contributed by atoms with Gasteiger partial charge in [-0.1, -0.05) is 29.8 Å². The van der Waals surface area contributed by atoms with E-state index in [1.54, 1.807) is 0 Å². The van der Waals surface area contributed by atoms with Crippen molar-refractivity contribution in [3.63, 3.8) is 0 Å². The summed E-state index contributed by atoms with van der Waals surface area (Å²) in [5, 5.41) is -0.263. The zero-order valence-corrected chi connectivity index (χ0v) is 14.7. The Hall–Kier alpha value is -1.36. The predicted molar refractivity (Wildman–Crippen MR) is 91.0 cm³/mol. The normalized spacial score (nSPS) is 27.2. The molecule has 2 bridgehead atoms. The largest absolute Gasteiger partial charge is 0.337 e. The van der Waals surface area contributed by atoms with Crippen LogP contribution in [-0.2, 0) is 21.1 Å². The number of amides is 1. The highest BCUT2D eigenvalue weighted by molar-refractivity contribution is 7.91. The number of carbonyl (C=O) groups excluding carboxylic acids is 1. The highest BCUT2D eigenvalue weighted by Gasteiger charge is 2.45. The monoisotopic (exact) mass is 335 g/mol. The Kier molecular flexibility index (Phi) is 4.50. The van der Waals surface area contributed by atoms with Gasteiger partial charge < -0.3 is 4.90 Å². The fourth-order valence-corrected chi connectivity index (χ4v) is 5.28. The number of fused-ring (bicyclic) bond motifs is 2. The molecule has 1 aromatic carbocycles. The first-order valence-corrected chi connectivity index (χ1v) is 10.4. The molecule has 0 radical (unpaired) electrons. The number of piperidine rings is 1. The van der Waals surface area contributed by atoms with Crippen molar-refractivity contribution in [1.29, 1.82) is 0 Å². The van der Waals surface area contributed by atoms with E-state index in [-0.39, 0.29) is 23.2 Å². The van der Waals surface area contributed by atoms with E-state index in [0.717, 1.165) is 19.3 Å². The van der Waals surface area contributed by atoms with Gasteiger partial charge in [-0.25, -0.2) is 8.42 Å². The summed E-state index contributed by atoms with van der Waals surface area (Å²) in [4.78, 5) is 14.6. The molecule has 0 aromatic heterocycles. The third-order valence-corrected chi connectivity index (χ3v) is 6.89. The molecule has 23 heavy (non-hydrogen) atoms. The van der Waals surface area contributed by atoms with Gasteiger partial charge in [0.25, 0.3) is 0 Å². The van der Waals surface area contributed by atoms with Crippen LogP contribution in [0.15, 0.2) is 24.3 Å². The standard InChI is InChI=1S/C18H25NO3S/c1-13-4-3-5-14(10-13)6-9-18(20)19-15-7-8-16(19)12-17(11-15)23(2,21)22/h3-5,10,15-17H,6-9,11-12H2,1-2H3. The molecule has 2 atom stereocenters. The Bertz CT molecular complexity index is 684. The maximum absolute atomic E-state index is 12.7. The Morgan fingerprint density at radius 1 is 1.22 bits per heavy atom. The minimum absolute atomic E-state index is 0.124. The van der Waals surface area contributed by atoms with Gasteiger partial charge in [0.1, 0.15) is 9.84 Å². The van der Waals surface area contributed by atoms with Gasteiger partial charge in [-0.3, -0.25) is 4.79 Å². The zero-order chi connectivity index (χ0) is 16.6. The molecule has 2 saturated heterocycles. The zero-order valence-electron chi connectivity index (χ0n) is 13.9. The van der Waals surface area contributed by atoms with Crippen LogP contribution in [0.2, 0.25) is 0 Å². The first kappa shape index (κ1) is 16.5. The highest BCUT2D eigenvalue weighted by atomic mass is 32.2. The molecule has 2 fully saturated rings. The fraction of sp³-hybridized carbons (Fsp3) is 0.611. The van der Waals surface area contributed by atoms with Gasteiger partial charge in [0.05, 0.1) is 5.25 Å². The number of benzene rings is 1. The van der Waals surface area contributed by atoms with Gasteiger partial charge in [-0.2, -0.15) is 0 Å². The Morgan fingerprint density at radius 2 is 1.87 bits per heavy atom.